The molecule has 4 aromatic rings. The zero-order valence-electron chi connectivity index (χ0n) is 17.2. The Hall–Kier alpha value is -2.91. The maximum absolute atomic E-state index is 13.5. The predicted octanol–water partition coefficient (Wildman–Crippen LogP) is 4.13. The molecule has 0 aliphatic rings. The summed E-state index contributed by atoms with van der Waals surface area (Å²) in [5, 5.41) is 13.5. The van der Waals surface area contributed by atoms with E-state index in [0.29, 0.717) is 38.3 Å². The van der Waals surface area contributed by atoms with Crippen LogP contribution in [0.15, 0.2) is 52.4 Å². The summed E-state index contributed by atoms with van der Waals surface area (Å²) in [4.78, 5) is 18.2. The van der Waals surface area contributed by atoms with Crippen LogP contribution in [0.25, 0.3) is 16.6 Å². The number of para-hydroxylation sites is 2. The van der Waals surface area contributed by atoms with Crippen molar-refractivity contribution in [3.05, 3.63) is 63.7 Å². The number of thioether (sulfide) groups is 1. The predicted molar refractivity (Wildman–Crippen MR) is 121 cm³/mol. The number of hydrogen-bond acceptors (Lipinski definition) is 7. The molecule has 160 valence electrons. The standard InChI is InChI=1S/C21H21ClN6O2S/c1-3-4-11-27-19(24-25-26-27)13-31-21-23-16-12-14(22)9-10-15(16)20(29)28(21)17-7-5-6-8-18(17)30-2/h5-10,12H,3-4,11,13H2,1-2H3. The molecular formula is C21H21ClN6O2S. The van der Waals surface area contributed by atoms with Gasteiger partial charge in [0.2, 0.25) is 0 Å². The van der Waals surface area contributed by atoms with Crippen molar-refractivity contribution in [1.29, 1.82) is 0 Å². The molecule has 0 N–H and O–H groups in total. The third-order valence-corrected chi connectivity index (χ3v) is 5.96. The first-order valence-electron chi connectivity index (χ1n) is 9.86. The van der Waals surface area contributed by atoms with Gasteiger partial charge in [-0.05, 0) is 47.2 Å². The highest BCUT2D eigenvalue weighted by atomic mass is 35.5. The second kappa shape index (κ2) is 9.49. The summed E-state index contributed by atoms with van der Waals surface area (Å²) in [5.41, 5.74) is 0.961. The minimum Gasteiger partial charge on any atom is -0.495 e. The van der Waals surface area contributed by atoms with Crippen molar-refractivity contribution < 1.29 is 4.74 Å². The van der Waals surface area contributed by atoms with Gasteiger partial charge in [0.15, 0.2) is 11.0 Å². The highest BCUT2D eigenvalue weighted by Crippen LogP contribution is 2.29. The summed E-state index contributed by atoms with van der Waals surface area (Å²) < 4.78 is 8.86. The SMILES string of the molecule is CCCCn1nnnc1CSc1nc2cc(Cl)ccc2c(=O)n1-c1ccccc1OC. The van der Waals surface area contributed by atoms with Crippen LogP contribution in [0.3, 0.4) is 0 Å². The molecule has 0 saturated heterocycles. The molecule has 31 heavy (non-hydrogen) atoms. The number of nitrogens with zero attached hydrogens (tertiary/aromatic N) is 6. The molecule has 0 atom stereocenters. The topological polar surface area (TPSA) is 87.7 Å². The number of rotatable bonds is 8. The van der Waals surface area contributed by atoms with E-state index >= 15 is 0 Å². The number of methoxy groups -OCH3 is 1. The van der Waals surface area contributed by atoms with Gasteiger partial charge >= 0.3 is 0 Å². The third-order valence-electron chi connectivity index (χ3n) is 4.79. The van der Waals surface area contributed by atoms with Gasteiger partial charge in [-0.25, -0.2) is 9.67 Å². The quantitative estimate of drug-likeness (QED) is 0.291. The Balaban J connectivity index is 1.81. The first-order chi connectivity index (χ1) is 15.1. The van der Waals surface area contributed by atoms with Gasteiger partial charge in [0.25, 0.3) is 5.56 Å². The average Bonchev–Trinajstić information content (AvgIpc) is 3.23. The number of aryl methyl sites for hydroxylation is 1. The van der Waals surface area contributed by atoms with Crippen LogP contribution in [0.5, 0.6) is 5.75 Å². The van der Waals surface area contributed by atoms with Crippen LogP contribution in [0.1, 0.15) is 25.6 Å². The van der Waals surface area contributed by atoms with Gasteiger partial charge in [0.05, 0.1) is 29.5 Å². The molecular weight excluding hydrogens is 436 g/mol. The van der Waals surface area contributed by atoms with Gasteiger partial charge in [-0.2, -0.15) is 0 Å². The Morgan fingerprint density at radius 1 is 1.19 bits per heavy atom. The molecule has 0 saturated carbocycles. The Labute approximate surface area is 188 Å². The lowest BCUT2D eigenvalue weighted by atomic mass is 10.2. The highest BCUT2D eigenvalue weighted by Gasteiger charge is 2.18. The van der Waals surface area contributed by atoms with E-state index in [9.17, 15) is 4.79 Å². The van der Waals surface area contributed by atoms with E-state index < -0.39 is 0 Å². The smallest absolute Gasteiger partial charge is 0.266 e. The summed E-state index contributed by atoms with van der Waals surface area (Å²) in [6, 6.07) is 12.4. The molecule has 2 aromatic carbocycles. The van der Waals surface area contributed by atoms with Gasteiger partial charge in [-0.15, -0.1) is 5.10 Å². The van der Waals surface area contributed by atoms with Gasteiger partial charge in [0, 0.05) is 11.6 Å². The summed E-state index contributed by atoms with van der Waals surface area (Å²) in [6.07, 6.45) is 2.04. The summed E-state index contributed by atoms with van der Waals surface area (Å²) in [6.45, 7) is 2.87. The lowest BCUT2D eigenvalue weighted by Crippen LogP contribution is -2.22. The van der Waals surface area contributed by atoms with Crippen LogP contribution < -0.4 is 10.3 Å². The van der Waals surface area contributed by atoms with Crippen LogP contribution in [0.4, 0.5) is 0 Å². The summed E-state index contributed by atoms with van der Waals surface area (Å²) in [5.74, 6) is 1.77. The van der Waals surface area contributed by atoms with Gasteiger partial charge in [-0.3, -0.25) is 9.36 Å². The van der Waals surface area contributed by atoms with Gasteiger partial charge in [0.1, 0.15) is 5.75 Å². The molecule has 0 spiro atoms. The largest absolute Gasteiger partial charge is 0.495 e. The second-order valence-electron chi connectivity index (χ2n) is 6.83. The number of ether oxygens (including phenoxy) is 1. The molecule has 10 heteroatoms. The minimum absolute atomic E-state index is 0.195. The molecule has 0 aliphatic heterocycles. The van der Waals surface area contributed by atoms with E-state index in [4.69, 9.17) is 21.3 Å². The van der Waals surface area contributed by atoms with Crippen LogP contribution in [0.2, 0.25) is 5.02 Å². The van der Waals surface area contributed by atoms with Crippen molar-refractivity contribution in [3.63, 3.8) is 0 Å². The van der Waals surface area contributed by atoms with Gasteiger partial charge < -0.3 is 4.74 Å². The monoisotopic (exact) mass is 456 g/mol. The van der Waals surface area contributed by atoms with E-state index in [1.54, 1.807) is 34.6 Å². The fourth-order valence-electron chi connectivity index (χ4n) is 3.20. The molecule has 0 unspecified atom stereocenters. The van der Waals surface area contributed by atoms with Crippen molar-refractivity contribution in [3.8, 4) is 11.4 Å². The van der Waals surface area contributed by atoms with Crippen molar-refractivity contribution in [2.24, 2.45) is 0 Å². The van der Waals surface area contributed by atoms with Gasteiger partial charge in [-0.1, -0.05) is 48.8 Å². The molecule has 2 heterocycles. The van der Waals surface area contributed by atoms with E-state index in [1.807, 2.05) is 24.3 Å². The van der Waals surface area contributed by atoms with Crippen LogP contribution in [0, 0.1) is 0 Å². The number of hydrogen-bond donors (Lipinski definition) is 0. The molecule has 2 aromatic heterocycles. The lowest BCUT2D eigenvalue weighted by molar-refractivity contribution is 0.411. The number of aromatic nitrogens is 6. The van der Waals surface area contributed by atoms with Crippen molar-refractivity contribution in [2.75, 3.05) is 7.11 Å². The van der Waals surface area contributed by atoms with E-state index in [2.05, 4.69) is 22.4 Å². The van der Waals surface area contributed by atoms with E-state index in [1.165, 1.54) is 11.8 Å². The second-order valence-corrected chi connectivity index (χ2v) is 8.21. The Kier molecular flexibility index (Phi) is 6.53. The van der Waals surface area contributed by atoms with E-state index in [0.717, 1.165) is 25.2 Å². The van der Waals surface area contributed by atoms with Crippen LogP contribution >= 0.6 is 23.4 Å². The summed E-state index contributed by atoms with van der Waals surface area (Å²) in [7, 11) is 1.58. The molecule has 8 nitrogen and oxygen atoms in total. The maximum atomic E-state index is 13.5. The maximum Gasteiger partial charge on any atom is 0.266 e. The Morgan fingerprint density at radius 3 is 2.84 bits per heavy atom. The Bertz CT molecular complexity index is 1270. The normalized spacial score (nSPS) is 11.2. The van der Waals surface area contributed by atoms with E-state index in [-0.39, 0.29) is 5.56 Å². The highest BCUT2D eigenvalue weighted by molar-refractivity contribution is 7.98. The Morgan fingerprint density at radius 2 is 2.03 bits per heavy atom. The number of tetrazole rings is 1. The van der Waals surface area contributed by atoms with Crippen molar-refractivity contribution >= 4 is 34.3 Å². The molecule has 0 amide bonds. The first-order valence-corrected chi connectivity index (χ1v) is 11.2. The molecule has 0 fully saturated rings. The number of fused-ring (bicyclic) bond motifs is 1. The molecule has 0 bridgehead atoms. The fourth-order valence-corrected chi connectivity index (χ4v) is 4.30. The van der Waals surface area contributed by atoms with Crippen LogP contribution in [-0.2, 0) is 12.3 Å². The fraction of sp³-hybridized carbons (Fsp3) is 0.286. The number of unbranched alkanes of at least 4 members (excludes halogenated alkanes) is 1. The zero-order valence-corrected chi connectivity index (χ0v) is 18.7. The third kappa shape index (κ3) is 4.42. The zero-order chi connectivity index (χ0) is 21.8. The first kappa shape index (κ1) is 21.3. The number of benzene rings is 2. The average molecular weight is 457 g/mol. The van der Waals surface area contributed by atoms with Crippen molar-refractivity contribution in [1.82, 2.24) is 29.8 Å². The minimum atomic E-state index is -0.195. The summed E-state index contributed by atoms with van der Waals surface area (Å²) >= 11 is 7.54. The van der Waals surface area contributed by atoms with Crippen molar-refractivity contribution in [2.45, 2.75) is 37.2 Å². The molecule has 0 radical (unpaired) electrons. The molecule has 0 aliphatic carbocycles. The number of halogens is 1. The molecule has 4 rings (SSSR count). The van der Waals surface area contributed by atoms with Crippen LogP contribution in [-0.4, -0.2) is 36.9 Å². The lowest BCUT2D eigenvalue weighted by Gasteiger charge is -2.15.